The zero-order valence-electron chi connectivity index (χ0n) is 17.2. The molecule has 2 aromatic carbocycles. The van der Waals surface area contributed by atoms with Crippen LogP contribution in [-0.4, -0.2) is 42.0 Å². The number of fused-ring (bicyclic) bond motifs is 1. The summed E-state index contributed by atoms with van der Waals surface area (Å²) >= 11 is 5.07. The number of thiazole rings is 1. The minimum absolute atomic E-state index is 0. The lowest BCUT2D eigenvalue weighted by Gasteiger charge is -2.24. The van der Waals surface area contributed by atoms with E-state index in [1.807, 2.05) is 29.2 Å². The van der Waals surface area contributed by atoms with E-state index in [0.29, 0.717) is 12.1 Å². The number of hydrogen-bond acceptors (Lipinski definition) is 4. The third-order valence-corrected chi connectivity index (χ3v) is 6.42. The van der Waals surface area contributed by atoms with Crippen molar-refractivity contribution in [1.29, 1.82) is 0 Å². The molecule has 3 rings (SSSR count). The van der Waals surface area contributed by atoms with Crippen LogP contribution in [0.4, 0.5) is 5.13 Å². The normalized spacial score (nSPS) is 11.0. The molecular formula is C22H27BrClN3OS. The van der Waals surface area contributed by atoms with E-state index in [1.165, 1.54) is 5.56 Å². The smallest absolute Gasteiger partial charge is 0.260 e. The van der Waals surface area contributed by atoms with Crippen molar-refractivity contribution in [3.63, 3.8) is 0 Å². The number of nitrogens with zero attached hydrogens (tertiary/aromatic N) is 3. The molecule has 29 heavy (non-hydrogen) atoms. The highest BCUT2D eigenvalue weighted by Crippen LogP contribution is 2.32. The summed E-state index contributed by atoms with van der Waals surface area (Å²) in [5, 5.41) is 0.765. The van der Waals surface area contributed by atoms with Crippen molar-refractivity contribution in [1.82, 2.24) is 9.88 Å². The Hall–Kier alpha value is -1.47. The van der Waals surface area contributed by atoms with Gasteiger partial charge in [-0.2, -0.15) is 0 Å². The highest BCUT2D eigenvalue weighted by atomic mass is 79.9. The van der Waals surface area contributed by atoms with E-state index in [4.69, 9.17) is 4.98 Å². The molecule has 1 heterocycles. The maximum absolute atomic E-state index is 13.4. The molecule has 0 fully saturated rings. The van der Waals surface area contributed by atoms with Gasteiger partial charge in [-0.05, 0) is 62.3 Å². The molecule has 1 aromatic heterocycles. The minimum Gasteiger partial charge on any atom is -0.302 e. The molecule has 0 spiro atoms. The van der Waals surface area contributed by atoms with Crippen molar-refractivity contribution in [2.45, 2.75) is 27.7 Å². The molecule has 0 N–H and O–H groups in total. The fourth-order valence-electron chi connectivity index (χ4n) is 3.32. The number of benzene rings is 2. The summed E-state index contributed by atoms with van der Waals surface area (Å²) in [4.78, 5) is 22.4. The van der Waals surface area contributed by atoms with Crippen LogP contribution in [0.25, 0.3) is 10.2 Å². The van der Waals surface area contributed by atoms with Gasteiger partial charge >= 0.3 is 0 Å². The van der Waals surface area contributed by atoms with E-state index in [-0.39, 0.29) is 18.3 Å². The molecule has 0 aliphatic carbocycles. The number of rotatable bonds is 7. The first kappa shape index (κ1) is 23.8. The van der Waals surface area contributed by atoms with Gasteiger partial charge in [0.1, 0.15) is 0 Å². The minimum atomic E-state index is -0.0121. The zero-order valence-corrected chi connectivity index (χ0v) is 20.5. The summed E-state index contributed by atoms with van der Waals surface area (Å²) < 4.78 is 2.03. The molecule has 0 aliphatic heterocycles. The number of carbonyl (C=O) groups excluding carboxylic acids is 1. The molecule has 0 aliphatic rings. The third-order valence-electron chi connectivity index (χ3n) is 4.90. The average molecular weight is 497 g/mol. The summed E-state index contributed by atoms with van der Waals surface area (Å²) in [5.74, 6) is -0.0121. The van der Waals surface area contributed by atoms with E-state index in [2.05, 4.69) is 60.7 Å². The number of aromatic nitrogens is 1. The van der Waals surface area contributed by atoms with Crippen molar-refractivity contribution in [2.75, 3.05) is 31.1 Å². The highest BCUT2D eigenvalue weighted by Gasteiger charge is 2.22. The van der Waals surface area contributed by atoms with Gasteiger partial charge in [0.15, 0.2) is 5.13 Å². The van der Waals surface area contributed by atoms with Gasteiger partial charge < -0.3 is 4.90 Å². The first-order valence-electron chi connectivity index (χ1n) is 9.60. The average Bonchev–Trinajstić information content (AvgIpc) is 3.09. The Balaban J connectivity index is 0.00000300. The Morgan fingerprint density at radius 1 is 1.10 bits per heavy atom. The molecule has 0 radical (unpaired) electrons. The second-order valence-corrected chi connectivity index (χ2v) is 8.84. The van der Waals surface area contributed by atoms with Crippen LogP contribution in [0.2, 0.25) is 0 Å². The first-order chi connectivity index (χ1) is 13.4. The van der Waals surface area contributed by atoms with Crippen LogP contribution in [0.15, 0.2) is 40.9 Å². The largest absolute Gasteiger partial charge is 0.302 e. The SMILES string of the molecule is CCN(CC)CCN(C(=O)c1cccc(Br)c1)c1nc2c(C)cc(C)cc2s1.Cl. The van der Waals surface area contributed by atoms with Crippen LogP contribution in [0.5, 0.6) is 0 Å². The van der Waals surface area contributed by atoms with Gasteiger partial charge in [0.2, 0.25) is 0 Å². The number of halogens is 2. The summed E-state index contributed by atoms with van der Waals surface area (Å²) in [6.45, 7) is 11.8. The van der Waals surface area contributed by atoms with Crippen molar-refractivity contribution >= 4 is 60.9 Å². The van der Waals surface area contributed by atoms with Crippen LogP contribution >= 0.6 is 39.7 Å². The Bertz CT molecular complexity index is 987. The molecular weight excluding hydrogens is 470 g/mol. The topological polar surface area (TPSA) is 36.4 Å². The fraction of sp³-hybridized carbons (Fsp3) is 0.364. The van der Waals surface area contributed by atoms with Crippen LogP contribution < -0.4 is 4.90 Å². The lowest BCUT2D eigenvalue weighted by Crippen LogP contribution is -2.38. The van der Waals surface area contributed by atoms with Crippen molar-refractivity contribution in [2.24, 2.45) is 0 Å². The summed E-state index contributed by atoms with van der Waals surface area (Å²) in [7, 11) is 0. The van der Waals surface area contributed by atoms with Crippen LogP contribution in [0, 0.1) is 13.8 Å². The van der Waals surface area contributed by atoms with Crippen molar-refractivity contribution in [3.05, 3.63) is 57.6 Å². The summed E-state index contributed by atoms with van der Waals surface area (Å²) in [5.41, 5.74) is 4.02. The molecule has 3 aromatic rings. The van der Waals surface area contributed by atoms with E-state index >= 15 is 0 Å². The predicted molar refractivity (Wildman–Crippen MR) is 130 cm³/mol. The molecule has 0 saturated heterocycles. The van der Waals surface area contributed by atoms with Crippen molar-refractivity contribution in [3.8, 4) is 0 Å². The van der Waals surface area contributed by atoms with Gasteiger partial charge in [-0.25, -0.2) is 4.98 Å². The van der Waals surface area contributed by atoms with Crippen LogP contribution in [-0.2, 0) is 0 Å². The lowest BCUT2D eigenvalue weighted by molar-refractivity contribution is 0.0983. The molecule has 1 amide bonds. The Morgan fingerprint density at radius 2 is 1.83 bits per heavy atom. The number of likely N-dealkylation sites (N-methyl/N-ethyl adjacent to an activating group) is 1. The third kappa shape index (κ3) is 5.57. The number of amides is 1. The van der Waals surface area contributed by atoms with Gasteiger partial charge in [-0.3, -0.25) is 9.69 Å². The maximum atomic E-state index is 13.4. The monoisotopic (exact) mass is 495 g/mol. The molecule has 0 saturated carbocycles. The predicted octanol–water partition coefficient (Wildman–Crippen LogP) is 6.09. The number of hydrogen-bond donors (Lipinski definition) is 0. The molecule has 0 atom stereocenters. The van der Waals surface area contributed by atoms with E-state index in [9.17, 15) is 4.79 Å². The Labute approximate surface area is 191 Å². The Kier molecular flexibility index (Phi) is 8.64. The number of carbonyl (C=O) groups is 1. The number of aryl methyl sites for hydroxylation is 2. The zero-order chi connectivity index (χ0) is 20.3. The quantitative estimate of drug-likeness (QED) is 0.397. The Morgan fingerprint density at radius 3 is 2.48 bits per heavy atom. The lowest BCUT2D eigenvalue weighted by atomic mass is 10.1. The molecule has 4 nitrogen and oxygen atoms in total. The molecule has 0 unspecified atom stereocenters. The molecule has 7 heteroatoms. The van der Waals surface area contributed by atoms with Crippen LogP contribution in [0.3, 0.4) is 0 Å². The maximum Gasteiger partial charge on any atom is 0.260 e. The van der Waals surface area contributed by atoms with E-state index in [0.717, 1.165) is 45.0 Å². The standard InChI is InChI=1S/C22H26BrN3OS.ClH/c1-5-25(6-2)10-11-26(21(27)17-8-7-9-18(23)14-17)22-24-20-16(4)12-15(3)13-19(20)28-22;/h7-9,12-14H,5-6,10-11H2,1-4H3;1H. The summed E-state index contributed by atoms with van der Waals surface area (Å²) in [6.07, 6.45) is 0. The van der Waals surface area contributed by atoms with Gasteiger partial charge in [0, 0.05) is 23.1 Å². The van der Waals surface area contributed by atoms with Crippen LogP contribution in [0.1, 0.15) is 35.3 Å². The molecule has 0 bridgehead atoms. The fourth-order valence-corrected chi connectivity index (χ4v) is 4.88. The van der Waals surface area contributed by atoms with E-state index < -0.39 is 0 Å². The second kappa shape index (κ2) is 10.5. The first-order valence-corrected chi connectivity index (χ1v) is 11.2. The van der Waals surface area contributed by atoms with Gasteiger partial charge in [0.25, 0.3) is 5.91 Å². The number of anilines is 1. The highest BCUT2D eigenvalue weighted by molar-refractivity contribution is 9.10. The molecule has 156 valence electrons. The summed E-state index contributed by atoms with van der Waals surface area (Å²) in [6, 6.07) is 11.8. The van der Waals surface area contributed by atoms with Gasteiger partial charge in [-0.15, -0.1) is 12.4 Å². The van der Waals surface area contributed by atoms with Crippen molar-refractivity contribution < 1.29 is 4.79 Å². The second-order valence-electron chi connectivity index (χ2n) is 6.92. The van der Waals surface area contributed by atoms with Gasteiger partial charge in [0.05, 0.1) is 10.2 Å². The van der Waals surface area contributed by atoms with E-state index in [1.54, 1.807) is 11.3 Å². The van der Waals surface area contributed by atoms with Gasteiger partial charge in [-0.1, -0.05) is 53.2 Å².